The maximum Gasteiger partial charge on any atom is 0.253 e. The second-order valence-corrected chi connectivity index (χ2v) is 8.57. The lowest BCUT2D eigenvalue weighted by atomic mass is 10.1. The maximum atomic E-state index is 12.6. The van der Waals surface area contributed by atoms with E-state index in [1.54, 1.807) is 31.3 Å². The largest absolute Gasteiger partial charge is 0.350 e. The van der Waals surface area contributed by atoms with Crippen molar-refractivity contribution in [3.05, 3.63) is 35.4 Å². The van der Waals surface area contributed by atoms with Gasteiger partial charge in [-0.2, -0.15) is 0 Å². The number of rotatable bonds is 5. The zero-order chi connectivity index (χ0) is 17.9. The summed E-state index contributed by atoms with van der Waals surface area (Å²) >= 11 is 0. The Kier molecular flexibility index (Phi) is 5.64. The highest BCUT2D eigenvalue weighted by molar-refractivity contribution is 7.91. The van der Waals surface area contributed by atoms with Gasteiger partial charge >= 0.3 is 0 Å². The van der Waals surface area contributed by atoms with Crippen molar-refractivity contribution in [2.24, 2.45) is 0 Å². The molecule has 1 aromatic carbocycles. The van der Waals surface area contributed by atoms with Crippen LogP contribution < -0.4 is 5.32 Å². The standard InChI is InChI=1S/C17H24N2O4S/c1-4-12(2)18-16(20)13-6-5-7-14(10-13)17(21)19(3)15-8-9-24(22,23)11-15/h5-7,10,12,15H,4,8-9,11H2,1-3H3,(H,18,20). The Bertz CT molecular complexity index is 730. The zero-order valence-electron chi connectivity index (χ0n) is 14.3. The fourth-order valence-electron chi connectivity index (χ4n) is 2.65. The fraction of sp³-hybridized carbons (Fsp3) is 0.529. The van der Waals surface area contributed by atoms with Crippen molar-refractivity contribution in [2.45, 2.75) is 38.8 Å². The molecule has 0 bridgehead atoms. The molecule has 1 N–H and O–H groups in total. The number of benzene rings is 1. The van der Waals surface area contributed by atoms with Gasteiger partial charge in [0.05, 0.1) is 11.5 Å². The van der Waals surface area contributed by atoms with Crippen LogP contribution in [0, 0.1) is 0 Å². The molecule has 1 saturated heterocycles. The summed E-state index contributed by atoms with van der Waals surface area (Å²) in [5.41, 5.74) is 0.812. The number of nitrogens with one attached hydrogen (secondary N) is 1. The quantitative estimate of drug-likeness (QED) is 0.870. The van der Waals surface area contributed by atoms with Gasteiger partial charge in [0.15, 0.2) is 9.84 Å². The first-order valence-corrected chi connectivity index (χ1v) is 9.94. The number of carbonyl (C=O) groups is 2. The van der Waals surface area contributed by atoms with Crippen molar-refractivity contribution in [1.82, 2.24) is 10.2 Å². The van der Waals surface area contributed by atoms with Gasteiger partial charge in [-0.15, -0.1) is 0 Å². The van der Waals surface area contributed by atoms with Crippen LogP contribution in [0.3, 0.4) is 0 Å². The van der Waals surface area contributed by atoms with E-state index in [9.17, 15) is 18.0 Å². The van der Waals surface area contributed by atoms with Gasteiger partial charge < -0.3 is 10.2 Å². The Morgan fingerprint density at radius 1 is 1.33 bits per heavy atom. The molecule has 7 heteroatoms. The first-order valence-electron chi connectivity index (χ1n) is 8.12. The summed E-state index contributed by atoms with van der Waals surface area (Å²) in [6.45, 7) is 3.90. The molecule has 24 heavy (non-hydrogen) atoms. The number of hydrogen-bond acceptors (Lipinski definition) is 4. The van der Waals surface area contributed by atoms with Crippen LogP contribution in [0.2, 0.25) is 0 Å². The van der Waals surface area contributed by atoms with E-state index in [4.69, 9.17) is 0 Å². The summed E-state index contributed by atoms with van der Waals surface area (Å²) in [6.07, 6.45) is 1.28. The topological polar surface area (TPSA) is 83.6 Å². The van der Waals surface area contributed by atoms with Gasteiger partial charge in [0.1, 0.15) is 0 Å². The Balaban J connectivity index is 2.13. The molecule has 0 saturated carbocycles. The van der Waals surface area contributed by atoms with Crippen molar-refractivity contribution in [3.8, 4) is 0 Å². The van der Waals surface area contributed by atoms with E-state index in [1.165, 1.54) is 4.90 Å². The summed E-state index contributed by atoms with van der Waals surface area (Å²) in [5, 5.41) is 2.86. The molecule has 1 heterocycles. The molecular formula is C17H24N2O4S. The smallest absolute Gasteiger partial charge is 0.253 e. The summed E-state index contributed by atoms with van der Waals surface area (Å²) < 4.78 is 23.2. The molecule has 1 aliphatic heterocycles. The lowest BCUT2D eigenvalue weighted by Gasteiger charge is -2.23. The number of sulfone groups is 1. The van der Waals surface area contributed by atoms with E-state index in [0.29, 0.717) is 17.5 Å². The highest BCUT2D eigenvalue weighted by atomic mass is 32.2. The van der Waals surface area contributed by atoms with Gasteiger partial charge in [0.2, 0.25) is 0 Å². The zero-order valence-corrected chi connectivity index (χ0v) is 15.1. The van der Waals surface area contributed by atoms with E-state index in [0.717, 1.165) is 6.42 Å². The molecule has 1 aliphatic rings. The van der Waals surface area contributed by atoms with Crippen molar-refractivity contribution >= 4 is 21.7 Å². The molecule has 6 nitrogen and oxygen atoms in total. The van der Waals surface area contributed by atoms with Crippen LogP contribution in [0.15, 0.2) is 24.3 Å². The minimum Gasteiger partial charge on any atom is -0.350 e. The Labute approximate surface area is 143 Å². The lowest BCUT2D eigenvalue weighted by molar-refractivity contribution is 0.0747. The normalized spacial score (nSPS) is 20.4. The summed E-state index contributed by atoms with van der Waals surface area (Å²) in [4.78, 5) is 26.2. The first kappa shape index (κ1) is 18.4. The number of amides is 2. The second-order valence-electron chi connectivity index (χ2n) is 6.34. The molecule has 2 rings (SSSR count). The molecule has 1 fully saturated rings. The minimum absolute atomic E-state index is 0.00340. The van der Waals surface area contributed by atoms with E-state index >= 15 is 0 Å². The molecular weight excluding hydrogens is 328 g/mol. The highest BCUT2D eigenvalue weighted by Crippen LogP contribution is 2.19. The van der Waals surface area contributed by atoms with Crippen LogP contribution >= 0.6 is 0 Å². The number of carbonyl (C=O) groups excluding carboxylic acids is 2. The first-order chi connectivity index (χ1) is 11.2. The Hall–Kier alpha value is -1.89. The van der Waals surface area contributed by atoms with Crippen molar-refractivity contribution in [1.29, 1.82) is 0 Å². The number of hydrogen-bond donors (Lipinski definition) is 1. The van der Waals surface area contributed by atoms with E-state index in [-0.39, 0.29) is 35.4 Å². The van der Waals surface area contributed by atoms with Crippen molar-refractivity contribution in [2.75, 3.05) is 18.6 Å². The Morgan fingerprint density at radius 3 is 2.58 bits per heavy atom. The van der Waals surface area contributed by atoms with Crippen molar-refractivity contribution in [3.63, 3.8) is 0 Å². The van der Waals surface area contributed by atoms with Gasteiger partial charge in [-0.3, -0.25) is 9.59 Å². The third-order valence-electron chi connectivity index (χ3n) is 4.44. The Morgan fingerprint density at radius 2 is 2.00 bits per heavy atom. The van der Waals surface area contributed by atoms with Gasteiger partial charge in [0, 0.05) is 30.3 Å². The minimum atomic E-state index is -3.05. The maximum absolute atomic E-state index is 12.6. The van der Waals surface area contributed by atoms with Crippen LogP contribution in [-0.4, -0.2) is 55.8 Å². The summed E-state index contributed by atoms with van der Waals surface area (Å²) in [7, 11) is -1.44. The summed E-state index contributed by atoms with van der Waals surface area (Å²) in [6, 6.07) is 6.28. The average Bonchev–Trinajstić information content (AvgIpc) is 2.93. The van der Waals surface area contributed by atoms with Crippen LogP contribution in [0.5, 0.6) is 0 Å². The predicted molar refractivity (Wildman–Crippen MR) is 92.8 cm³/mol. The molecule has 0 aliphatic carbocycles. The van der Waals surface area contributed by atoms with E-state index < -0.39 is 9.84 Å². The van der Waals surface area contributed by atoms with Crippen LogP contribution in [-0.2, 0) is 9.84 Å². The molecule has 2 amide bonds. The third-order valence-corrected chi connectivity index (χ3v) is 6.19. The van der Waals surface area contributed by atoms with Gasteiger partial charge in [0.25, 0.3) is 11.8 Å². The van der Waals surface area contributed by atoms with Crippen LogP contribution in [0.1, 0.15) is 47.4 Å². The molecule has 0 radical (unpaired) electrons. The van der Waals surface area contributed by atoms with Crippen LogP contribution in [0.25, 0.3) is 0 Å². The molecule has 132 valence electrons. The number of nitrogens with zero attached hydrogens (tertiary/aromatic N) is 1. The fourth-order valence-corrected chi connectivity index (χ4v) is 4.43. The molecule has 2 unspecified atom stereocenters. The monoisotopic (exact) mass is 352 g/mol. The van der Waals surface area contributed by atoms with E-state index in [1.807, 2.05) is 13.8 Å². The van der Waals surface area contributed by atoms with Gasteiger partial charge in [-0.25, -0.2) is 8.42 Å². The van der Waals surface area contributed by atoms with E-state index in [2.05, 4.69) is 5.32 Å². The highest BCUT2D eigenvalue weighted by Gasteiger charge is 2.33. The lowest BCUT2D eigenvalue weighted by Crippen LogP contribution is -2.38. The second kappa shape index (κ2) is 7.34. The van der Waals surface area contributed by atoms with Crippen LogP contribution in [0.4, 0.5) is 0 Å². The SMILES string of the molecule is CCC(C)NC(=O)c1cccc(C(=O)N(C)C2CCS(=O)(=O)C2)c1. The summed E-state index contributed by atoms with van der Waals surface area (Å²) in [5.74, 6) is -0.365. The molecule has 1 aromatic rings. The third kappa shape index (κ3) is 4.35. The predicted octanol–water partition coefficient (Wildman–Crippen LogP) is 1.47. The molecule has 2 atom stereocenters. The van der Waals surface area contributed by atoms with Gasteiger partial charge in [-0.1, -0.05) is 13.0 Å². The van der Waals surface area contributed by atoms with Crippen molar-refractivity contribution < 1.29 is 18.0 Å². The average molecular weight is 352 g/mol. The molecule has 0 spiro atoms. The molecule has 0 aromatic heterocycles. The van der Waals surface area contributed by atoms with Gasteiger partial charge in [-0.05, 0) is 38.0 Å².